The van der Waals surface area contributed by atoms with Gasteiger partial charge >= 0.3 is 0 Å². The molecule has 0 aliphatic heterocycles. The highest BCUT2D eigenvalue weighted by Gasteiger charge is 2.27. The van der Waals surface area contributed by atoms with Gasteiger partial charge in [-0.1, -0.05) is 24.0 Å². The minimum atomic E-state index is -0.467. The number of hydrogen-bond acceptors (Lipinski definition) is 5. The Morgan fingerprint density at radius 3 is 2.75 bits per heavy atom. The lowest BCUT2D eigenvalue weighted by Gasteiger charge is -2.14. The fourth-order valence-corrected chi connectivity index (χ4v) is 4.64. The summed E-state index contributed by atoms with van der Waals surface area (Å²) >= 11 is 0. The quantitative estimate of drug-likeness (QED) is 0.268. The third-order valence-corrected chi connectivity index (χ3v) is 6.57. The second-order valence-corrected chi connectivity index (χ2v) is 9.35. The Bertz CT molecular complexity index is 1960. The molecular weight excluding hydrogens is 507 g/mol. The molecule has 0 bridgehead atoms. The zero-order valence-electron chi connectivity index (χ0n) is 21.7. The van der Waals surface area contributed by atoms with Crippen molar-refractivity contribution in [2.75, 3.05) is 5.73 Å². The van der Waals surface area contributed by atoms with Gasteiger partial charge in [0, 0.05) is 49.4 Å². The van der Waals surface area contributed by atoms with Crippen LogP contribution in [0.25, 0.3) is 22.1 Å². The van der Waals surface area contributed by atoms with Gasteiger partial charge in [-0.25, -0.2) is 13.9 Å². The molecule has 2 aromatic carbocycles. The average Bonchev–Trinajstić information content (AvgIpc) is 3.52. The minimum Gasteiger partial charge on any atom is -0.381 e. The summed E-state index contributed by atoms with van der Waals surface area (Å²) in [6.07, 6.45) is 8.78. The molecule has 1 atom stereocenters. The maximum absolute atomic E-state index is 13.8. The van der Waals surface area contributed by atoms with Crippen molar-refractivity contribution in [3.63, 3.8) is 0 Å². The van der Waals surface area contributed by atoms with E-state index in [2.05, 4.69) is 32.3 Å². The third kappa shape index (κ3) is 4.61. The molecular formula is C30H24FN8O+. The Morgan fingerprint density at radius 1 is 1.15 bits per heavy atom. The van der Waals surface area contributed by atoms with E-state index in [0.29, 0.717) is 5.65 Å². The smallest absolute Gasteiger partial charge is 0.259 e. The van der Waals surface area contributed by atoms with Crippen LogP contribution in [0.1, 0.15) is 40.1 Å². The van der Waals surface area contributed by atoms with E-state index in [4.69, 9.17) is 5.73 Å². The first-order valence-electron chi connectivity index (χ1n) is 12.5. The molecule has 0 aliphatic carbocycles. The second kappa shape index (κ2) is 9.96. The number of benzene rings is 2. The number of rotatable bonds is 4. The lowest BCUT2D eigenvalue weighted by atomic mass is 10.0. The van der Waals surface area contributed by atoms with Crippen LogP contribution in [-0.4, -0.2) is 30.3 Å². The molecule has 40 heavy (non-hydrogen) atoms. The van der Waals surface area contributed by atoms with Crippen LogP contribution in [0, 0.1) is 17.7 Å². The molecule has 0 spiro atoms. The van der Waals surface area contributed by atoms with E-state index in [1.165, 1.54) is 16.6 Å². The lowest BCUT2D eigenvalue weighted by molar-refractivity contribution is -0.604. The van der Waals surface area contributed by atoms with E-state index in [1.54, 1.807) is 41.5 Å². The fraction of sp³-hybridized carbons (Fsp3) is 0.100. The van der Waals surface area contributed by atoms with Crippen molar-refractivity contribution in [3.05, 3.63) is 114 Å². The molecule has 4 heterocycles. The SMILES string of the molecule is CC(NC(=O)c1c(N)nn2cccnc12)c1cc2cccc(C#Cc3cnn(C)c3)c2c[n+]1-c1ccc(F)cc1. The van der Waals surface area contributed by atoms with Crippen molar-refractivity contribution in [1.29, 1.82) is 0 Å². The van der Waals surface area contributed by atoms with Crippen LogP contribution in [-0.2, 0) is 7.05 Å². The highest BCUT2D eigenvalue weighted by molar-refractivity contribution is 6.04. The molecule has 1 amide bonds. The number of nitrogen functional groups attached to an aromatic ring is 1. The zero-order valence-corrected chi connectivity index (χ0v) is 21.7. The van der Waals surface area contributed by atoms with Gasteiger partial charge in [0.1, 0.15) is 17.4 Å². The summed E-state index contributed by atoms with van der Waals surface area (Å²) in [5, 5.41) is 13.2. The van der Waals surface area contributed by atoms with E-state index in [0.717, 1.165) is 33.3 Å². The number of hydrogen-bond donors (Lipinski definition) is 2. The number of carbonyl (C=O) groups excluding carboxylic acids is 1. The molecule has 196 valence electrons. The molecule has 10 heteroatoms. The van der Waals surface area contributed by atoms with E-state index < -0.39 is 11.9 Å². The topological polar surface area (TPSA) is 107 Å². The lowest BCUT2D eigenvalue weighted by Crippen LogP contribution is -2.41. The Kier molecular flexibility index (Phi) is 6.16. The van der Waals surface area contributed by atoms with Crippen molar-refractivity contribution in [2.45, 2.75) is 13.0 Å². The maximum atomic E-state index is 13.8. The number of halogens is 1. The first-order valence-corrected chi connectivity index (χ1v) is 12.5. The van der Waals surface area contributed by atoms with Gasteiger partial charge in [-0.2, -0.15) is 9.67 Å². The first kappa shape index (κ1) is 24.8. The van der Waals surface area contributed by atoms with Gasteiger partial charge in [0.25, 0.3) is 5.91 Å². The second-order valence-electron chi connectivity index (χ2n) is 9.35. The standard InChI is InChI=1S/C30H23FN8O/c1-19(35-30(40)27-28(32)36-39-14-4-13-33-29(27)39)26-15-22-6-3-5-21(8-7-20-16-34-37(2)17-20)25(22)18-38(26)24-11-9-23(31)10-12-24/h3-6,9-19H,1-2H3,(H2-,32,35,36,40)/p+1. The predicted molar refractivity (Wildman–Crippen MR) is 148 cm³/mol. The number of nitrogens with two attached hydrogens (primary N) is 1. The molecule has 6 rings (SSSR count). The van der Waals surface area contributed by atoms with Crippen LogP contribution >= 0.6 is 0 Å². The van der Waals surface area contributed by atoms with Crippen molar-refractivity contribution in [2.24, 2.45) is 7.05 Å². The number of aromatic nitrogens is 6. The summed E-state index contributed by atoms with van der Waals surface area (Å²) in [6, 6.07) is 15.3. The van der Waals surface area contributed by atoms with Crippen LogP contribution in [0.3, 0.4) is 0 Å². The fourth-order valence-electron chi connectivity index (χ4n) is 4.64. The maximum Gasteiger partial charge on any atom is 0.259 e. The van der Waals surface area contributed by atoms with Gasteiger partial charge in [0.15, 0.2) is 17.7 Å². The summed E-state index contributed by atoms with van der Waals surface area (Å²) < 4.78 is 18.9. The number of pyridine rings is 1. The van der Waals surface area contributed by atoms with E-state index in [1.807, 2.05) is 55.2 Å². The monoisotopic (exact) mass is 531 g/mol. The van der Waals surface area contributed by atoms with Gasteiger partial charge in [0.05, 0.1) is 17.1 Å². The van der Waals surface area contributed by atoms with E-state index in [9.17, 15) is 9.18 Å². The Morgan fingerprint density at radius 2 is 1.98 bits per heavy atom. The summed E-state index contributed by atoms with van der Waals surface area (Å²) in [5.74, 6) is 5.76. The van der Waals surface area contributed by atoms with Gasteiger partial charge in [-0.05, 0) is 36.6 Å². The minimum absolute atomic E-state index is 0.0881. The number of amides is 1. The molecule has 0 saturated carbocycles. The number of nitrogens with zero attached hydrogens (tertiary/aromatic N) is 6. The largest absolute Gasteiger partial charge is 0.381 e. The highest BCUT2D eigenvalue weighted by atomic mass is 19.1. The van der Waals surface area contributed by atoms with Crippen LogP contribution in [0.15, 0.2) is 85.6 Å². The summed E-state index contributed by atoms with van der Waals surface area (Å²) in [7, 11) is 1.84. The van der Waals surface area contributed by atoms with Crippen LogP contribution in [0.2, 0.25) is 0 Å². The van der Waals surface area contributed by atoms with Crippen molar-refractivity contribution in [3.8, 4) is 17.5 Å². The van der Waals surface area contributed by atoms with E-state index in [-0.39, 0.29) is 17.2 Å². The molecule has 0 radical (unpaired) electrons. The summed E-state index contributed by atoms with van der Waals surface area (Å²) in [4.78, 5) is 17.7. The third-order valence-electron chi connectivity index (χ3n) is 6.57. The van der Waals surface area contributed by atoms with Crippen LogP contribution < -0.4 is 15.6 Å². The molecule has 0 saturated heterocycles. The molecule has 6 aromatic rings. The van der Waals surface area contributed by atoms with Crippen LogP contribution in [0.5, 0.6) is 0 Å². The normalized spacial score (nSPS) is 11.8. The predicted octanol–water partition coefficient (Wildman–Crippen LogP) is 3.50. The highest BCUT2D eigenvalue weighted by Crippen LogP contribution is 2.23. The van der Waals surface area contributed by atoms with Gasteiger partial charge < -0.3 is 11.1 Å². The van der Waals surface area contributed by atoms with Crippen molar-refractivity contribution >= 4 is 28.1 Å². The molecule has 0 aliphatic rings. The molecule has 4 aromatic heterocycles. The van der Waals surface area contributed by atoms with Gasteiger partial charge in [-0.3, -0.25) is 9.48 Å². The average molecular weight is 532 g/mol. The molecule has 1 unspecified atom stereocenters. The number of nitrogens with one attached hydrogen (secondary N) is 1. The van der Waals surface area contributed by atoms with E-state index >= 15 is 0 Å². The number of fused-ring (bicyclic) bond motifs is 2. The first-order chi connectivity index (χ1) is 19.4. The molecule has 0 fully saturated rings. The Labute approximate surface area is 228 Å². The van der Waals surface area contributed by atoms with Crippen LogP contribution in [0.4, 0.5) is 10.2 Å². The number of aryl methyl sites for hydroxylation is 1. The Hall–Kier alpha value is -5.56. The zero-order chi connectivity index (χ0) is 27.8. The number of carbonyl (C=O) groups is 1. The summed E-state index contributed by atoms with van der Waals surface area (Å²) in [5.41, 5.74) is 9.78. The molecule has 3 N–H and O–H groups in total. The van der Waals surface area contributed by atoms with Crippen molar-refractivity contribution < 1.29 is 13.8 Å². The number of anilines is 1. The Balaban J connectivity index is 1.44. The molecule has 9 nitrogen and oxygen atoms in total. The van der Waals surface area contributed by atoms with Crippen molar-refractivity contribution in [1.82, 2.24) is 29.7 Å². The van der Waals surface area contributed by atoms with Gasteiger partial charge in [0.2, 0.25) is 11.4 Å². The van der Waals surface area contributed by atoms with Gasteiger partial charge in [-0.15, -0.1) is 5.10 Å². The summed E-state index contributed by atoms with van der Waals surface area (Å²) in [6.45, 7) is 1.88.